The molecule has 0 atom stereocenters. The first-order valence-corrected chi connectivity index (χ1v) is 5.71. The third kappa shape index (κ3) is 3.05. The van der Waals surface area contributed by atoms with Gasteiger partial charge >= 0.3 is 0 Å². The third-order valence-electron chi connectivity index (χ3n) is 2.85. The van der Waals surface area contributed by atoms with E-state index in [1.54, 1.807) is 6.07 Å². The number of rotatable bonds is 5. The molecule has 1 aromatic rings. The number of aryl methyl sites for hydroxylation is 1. The Kier molecular flexibility index (Phi) is 4.27. The number of alkyl halides is 1. The molecule has 0 aromatic heterocycles. The molecule has 0 aliphatic carbocycles. The van der Waals surface area contributed by atoms with Crippen LogP contribution in [0.2, 0.25) is 0 Å². The fourth-order valence-electron chi connectivity index (χ4n) is 1.94. The van der Waals surface area contributed by atoms with Crippen molar-refractivity contribution in [2.24, 2.45) is 0 Å². The average molecular weight is 238 g/mol. The van der Waals surface area contributed by atoms with E-state index >= 15 is 0 Å². The van der Waals surface area contributed by atoms with Crippen LogP contribution in [-0.4, -0.2) is 13.4 Å². The normalized spacial score (nSPS) is 11.4. The molecule has 1 aromatic carbocycles. The largest absolute Gasteiger partial charge is 0.496 e. The highest BCUT2D eigenvalue weighted by molar-refractivity contribution is 5.54. The highest BCUT2D eigenvalue weighted by Crippen LogP contribution is 2.37. The van der Waals surface area contributed by atoms with Crippen molar-refractivity contribution in [2.45, 2.75) is 39.3 Å². The number of benzene rings is 1. The summed E-state index contributed by atoms with van der Waals surface area (Å²) in [5, 5.41) is 0. The molecule has 0 amide bonds. The van der Waals surface area contributed by atoms with Gasteiger partial charge in [0.05, 0.1) is 7.11 Å². The first-order chi connectivity index (χ1) is 7.91. The molecule has 17 heavy (non-hydrogen) atoms. The third-order valence-corrected chi connectivity index (χ3v) is 2.85. The summed E-state index contributed by atoms with van der Waals surface area (Å²) in [5.41, 5.74) is 1.03. The molecule has 0 fully saturated rings. The second-order valence-electron chi connectivity index (χ2n) is 4.62. The van der Waals surface area contributed by atoms with E-state index in [0.717, 1.165) is 17.4 Å². The molecule has 0 aliphatic heterocycles. The van der Waals surface area contributed by atoms with Crippen LogP contribution in [0.25, 0.3) is 0 Å². The van der Waals surface area contributed by atoms with Gasteiger partial charge in [-0.15, -0.1) is 0 Å². The van der Waals surface area contributed by atoms with Crippen molar-refractivity contribution >= 4 is 6.29 Å². The van der Waals surface area contributed by atoms with Crippen LogP contribution in [0.1, 0.15) is 37.0 Å². The first kappa shape index (κ1) is 13.7. The maximum absolute atomic E-state index is 14.1. The summed E-state index contributed by atoms with van der Waals surface area (Å²) in [5.74, 6) is 0.569. The van der Waals surface area contributed by atoms with Crippen molar-refractivity contribution in [3.05, 3.63) is 28.8 Å². The molecule has 0 saturated carbocycles. The molecule has 2 nitrogen and oxygen atoms in total. The zero-order valence-electron chi connectivity index (χ0n) is 10.8. The number of halogens is 1. The average Bonchev–Trinajstić information content (AvgIpc) is 2.25. The van der Waals surface area contributed by atoms with Crippen LogP contribution in [0, 0.1) is 6.92 Å². The van der Waals surface area contributed by atoms with Gasteiger partial charge in [-0.1, -0.05) is 12.1 Å². The highest BCUT2D eigenvalue weighted by Gasteiger charge is 2.25. The van der Waals surface area contributed by atoms with Gasteiger partial charge in [-0.05, 0) is 38.3 Å². The molecule has 1 rings (SSSR count). The molecule has 0 radical (unpaired) electrons. The van der Waals surface area contributed by atoms with Crippen LogP contribution in [0.4, 0.5) is 4.39 Å². The SMILES string of the molecule is COc1c(C(C)(C)F)ccc(C)c1CCC=O. The summed E-state index contributed by atoms with van der Waals surface area (Å²) >= 11 is 0. The first-order valence-electron chi connectivity index (χ1n) is 5.71. The predicted octanol–water partition coefficient (Wildman–Crippen LogP) is 3.34. The number of ether oxygens (including phenoxy) is 1. The molecule has 0 aliphatic rings. The Bertz CT molecular complexity index is 405. The van der Waals surface area contributed by atoms with Gasteiger partial charge < -0.3 is 9.53 Å². The summed E-state index contributed by atoms with van der Waals surface area (Å²) < 4.78 is 19.4. The van der Waals surface area contributed by atoms with E-state index in [2.05, 4.69) is 0 Å². The Morgan fingerprint density at radius 3 is 2.53 bits per heavy atom. The Morgan fingerprint density at radius 2 is 2.06 bits per heavy atom. The zero-order chi connectivity index (χ0) is 13.1. The Labute approximate surface area is 102 Å². The molecule has 0 unspecified atom stereocenters. The van der Waals surface area contributed by atoms with Gasteiger partial charge in [-0.25, -0.2) is 4.39 Å². The van der Waals surface area contributed by atoms with Gasteiger partial charge in [-0.3, -0.25) is 0 Å². The molecule has 0 N–H and O–H groups in total. The Balaban J connectivity index is 3.31. The minimum atomic E-state index is -1.45. The van der Waals surface area contributed by atoms with Gasteiger partial charge in [0, 0.05) is 12.0 Å². The molecule has 0 saturated heterocycles. The van der Waals surface area contributed by atoms with E-state index in [-0.39, 0.29) is 0 Å². The molecule has 3 heteroatoms. The monoisotopic (exact) mass is 238 g/mol. The van der Waals surface area contributed by atoms with Crippen molar-refractivity contribution in [3.8, 4) is 5.75 Å². The second-order valence-corrected chi connectivity index (χ2v) is 4.62. The lowest BCUT2D eigenvalue weighted by atomic mass is 9.92. The fourth-order valence-corrected chi connectivity index (χ4v) is 1.94. The predicted molar refractivity (Wildman–Crippen MR) is 66.3 cm³/mol. The van der Waals surface area contributed by atoms with E-state index in [1.807, 2.05) is 13.0 Å². The van der Waals surface area contributed by atoms with Crippen molar-refractivity contribution < 1.29 is 13.9 Å². The molecule has 0 spiro atoms. The number of carbonyl (C=O) groups is 1. The van der Waals surface area contributed by atoms with Crippen molar-refractivity contribution in [2.75, 3.05) is 7.11 Å². The fraction of sp³-hybridized carbons (Fsp3) is 0.500. The van der Waals surface area contributed by atoms with Crippen LogP contribution in [0.3, 0.4) is 0 Å². The van der Waals surface area contributed by atoms with Gasteiger partial charge in [0.25, 0.3) is 0 Å². The number of hydrogen-bond acceptors (Lipinski definition) is 2. The van der Waals surface area contributed by atoms with Crippen molar-refractivity contribution in [1.29, 1.82) is 0 Å². The summed E-state index contributed by atoms with van der Waals surface area (Å²) in [6, 6.07) is 3.62. The van der Waals surface area contributed by atoms with E-state index in [0.29, 0.717) is 24.2 Å². The van der Waals surface area contributed by atoms with Crippen LogP contribution >= 0.6 is 0 Å². The van der Waals surface area contributed by atoms with Gasteiger partial charge in [0.1, 0.15) is 17.7 Å². The summed E-state index contributed by atoms with van der Waals surface area (Å²) in [6.07, 6.45) is 1.88. The summed E-state index contributed by atoms with van der Waals surface area (Å²) in [7, 11) is 1.54. The molecule has 0 bridgehead atoms. The van der Waals surface area contributed by atoms with E-state index in [1.165, 1.54) is 21.0 Å². The smallest absolute Gasteiger partial charge is 0.134 e. The van der Waals surface area contributed by atoms with Crippen molar-refractivity contribution in [1.82, 2.24) is 0 Å². The number of hydrogen-bond donors (Lipinski definition) is 0. The Hall–Kier alpha value is -1.38. The van der Waals surface area contributed by atoms with Gasteiger partial charge in [-0.2, -0.15) is 0 Å². The zero-order valence-corrected chi connectivity index (χ0v) is 10.8. The summed E-state index contributed by atoms with van der Waals surface area (Å²) in [6.45, 7) is 4.95. The molecular weight excluding hydrogens is 219 g/mol. The number of methoxy groups -OCH3 is 1. The minimum Gasteiger partial charge on any atom is -0.496 e. The van der Waals surface area contributed by atoms with Crippen LogP contribution in [-0.2, 0) is 16.9 Å². The number of carbonyl (C=O) groups excluding carboxylic acids is 1. The van der Waals surface area contributed by atoms with Crippen LogP contribution in [0.5, 0.6) is 5.75 Å². The Morgan fingerprint density at radius 1 is 1.41 bits per heavy atom. The quantitative estimate of drug-likeness (QED) is 0.735. The van der Waals surface area contributed by atoms with Crippen molar-refractivity contribution in [3.63, 3.8) is 0 Å². The standard InChI is InChI=1S/C14H19FO2/c1-10-7-8-12(14(2,3)15)13(17-4)11(10)6-5-9-16/h7-9H,5-6H2,1-4H3. The van der Waals surface area contributed by atoms with Gasteiger partial charge in [0.15, 0.2) is 0 Å². The lowest BCUT2D eigenvalue weighted by Gasteiger charge is -2.22. The topological polar surface area (TPSA) is 26.3 Å². The van der Waals surface area contributed by atoms with Crippen LogP contribution in [0.15, 0.2) is 12.1 Å². The maximum atomic E-state index is 14.1. The number of aldehydes is 1. The highest BCUT2D eigenvalue weighted by atomic mass is 19.1. The van der Waals surface area contributed by atoms with Crippen LogP contribution < -0.4 is 4.74 Å². The molecule has 0 heterocycles. The second kappa shape index (κ2) is 5.30. The lowest BCUT2D eigenvalue weighted by molar-refractivity contribution is -0.107. The lowest BCUT2D eigenvalue weighted by Crippen LogP contribution is -2.13. The maximum Gasteiger partial charge on any atom is 0.134 e. The molecular formula is C14H19FO2. The minimum absolute atomic E-state index is 0.424. The van der Waals surface area contributed by atoms with Gasteiger partial charge in [0.2, 0.25) is 0 Å². The molecule has 94 valence electrons. The van der Waals surface area contributed by atoms with E-state index in [4.69, 9.17) is 4.74 Å². The summed E-state index contributed by atoms with van der Waals surface area (Å²) in [4.78, 5) is 10.5. The van der Waals surface area contributed by atoms with E-state index in [9.17, 15) is 9.18 Å². The van der Waals surface area contributed by atoms with E-state index < -0.39 is 5.67 Å².